The van der Waals surface area contributed by atoms with E-state index in [-0.39, 0.29) is 29.7 Å². The summed E-state index contributed by atoms with van der Waals surface area (Å²) in [7, 11) is 1.48. The molecule has 1 atom stereocenters. The number of fused-ring (bicyclic) bond motifs is 1. The number of aryl methyl sites for hydroxylation is 1. The summed E-state index contributed by atoms with van der Waals surface area (Å²) in [6.45, 7) is 4.52. The van der Waals surface area contributed by atoms with Crippen molar-refractivity contribution in [3.63, 3.8) is 0 Å². The molecule has 1 aliphatic heterocycles. The minimum atomic E-state index is -0.164. The van der Waals surface area contributed by atoms with Crippen molar-refractivity contribution in [2.45, 2.75) is 51.9 Å². The van der Waals surface area contributed by atoms with E-state index in [4.69, 9.17) is 4.74 Å². The smallest absolute Gasteiger partial charge is 0.240 e. The first kappa shape index (κ1) is 23.8. The summed E-state index contributed by atoms with van der Waals surface area (Å²) in [6, 6.07) is 20.4. The van der Waals surface area contributed by atoms with Crippen molar-refractivity contribution >= 4 is 5.91 Å². The molecule has 0 spiro atoms. The molecule has 6 heteroatoms. The van der Waals surface area contributed by atoms with Crippen LogP contribution < -0.4 is 15.5 Å². The van der Waals surface area contributed by atoms with Crippen LogP contribution in [0.1, 0.15) is 35.7 Å². The second-order valence-electron chi connectivity index (χ2n) is 9.05. The van der Waals surface area contributed by atoms with Gasteiger partial charge < -0.3 is 14.6 Å². The molecule has 34 heavy (non-hydrogen) atoms. The van der Waals surface area contributed by atoms with E-state index >= 15 is 0 Å². The number of pyridine rings is 1. The molecule has 178 valence electrons. The van der Waals surface area contributed by atoms with Crippen molar-refractivity contribution in [2.24, 2.45) is 0 Å². The molecule has 4 rings (SSSR count). The minimum absolute atomic E-state index is 0.0519. The van der Waals surface area contributed by atoms with Crippen LogP contribution in [0.5, 0.6) is 5.75 Å². The summed E-state index contributed by atoms with van der Waals surface area (Å²) in [4.78, 5) is 27.7. The van der Waals surface area contributed by atoms with Crippen LogP contribution in [-0.4, -0.2) is 35.1 Å². The van der Waals surface area contributed by atoms with Crippen LogP contribution >= 0.6 is 0 Å². The van der Waals surface area contributed by atoms with Crippen molar-refractivity contribution in [3.05, 3.63) is 99.5 Å². The molecule has 3 aromatic rings. The van der Waals surface area contributed by atoms with E-state index in [9.17, 15) is 9.59 Å². The molecule has 0 aliphatic carbocycles. The van der Waals surface area contributed by atoms with Gasteiger partial charge in [0.05, 0.1) is 13.3 Å². The maximum absolute atomic E-state index is 12.9. The van der Waals surface area contributed by atoms with Crippen LogP contribution in [0, 0.1) is 0 Å². The lowest BCUT2D eigenvalue weighted by Gasteiger charge is -2.29. The highest BCUT2D eigenvalue weighted by atomic mass is 16.5. The van der Waals surface area contributed by atoms with E-state index in [0.717, 1.165) is 38.0 Å². The lowest BCUT2D eigenvalue weighted by molar-refractivity contribution is -0.122. The average Bonchev–Trinajstić information content (AvgIpc) is 2.85. The summed E-state index contributed by atoms with van der Waals surface area (Å²) in [5.41, 5.74) is 4.62. The Labute approximate surface area is 201 Å². The molecule has 1 aliphatic rings. The molecule has 1 N–H and O–H groups in total. The molecule has 2 heterocycles. The number of ether oxygens (including phenoxy) is 1. The van der Waals surface area contributed by atoms with Crippen LogP contribution in [0.3, 0.4) is 0 Å². The van der Waals surface area contributed by atoms with E-state index in [1.165, 1.54) is 23.8 Å². The zero-order valence-electron chi connectivity index (χ0n) is 20.0. The number of aromatic nitrogens is 1. The third kappa shape index (κ3) is 6.14. The van der Waals surface area contributed by atoms with Gasteiger partial charge in [0.1, 0.15) is 6.54 Å². The van der Waals surface area contributed by atoms with Gasteiger partial charge in [-0.1, -0.05) is 54.6 Å². The van der Waals surface area contributed by atoms with E-state index < -0.39 is 0 Å². The standard InChI is InChI=1S/C28H33N3O3/c1-21(12-13-22-8-4-3-5-9-22)29-28(33)20-31-19-27(34-2)26(32)16-25(31)18-30-15-14-23-10-6-7-11-24(23)17-30/h3-11,16,19,21H,12-15,17-18,20H2,1-2H3,(H,29,33)/t21-/m1/s1. The molecule has 0 radical (unpaired) electrons. The first-order chi connectivity index (χ1) is 16.5. The molecule has 0 saturated carbocycles. The largest absolute Gasteiger partial charge is 0.491 e. The van der Waals surface area contributed by atoms with Crippen LogP contribution in [0.4, 0.5) is 0 Å². The summed E-state index contributed by atoms with van der Waals surface area (Å²) < 4.78 is 7.10. The molecule has 6 nitrogen and oxygen atoms in total. The van der Waals surface area contributed by atoms with Gasteiger partial charge in [0, 0.05) is 37.4 Å². The molecular formula is C28H33N3O3. The van der Waals surface area contributed by atoms with Crippen LogP contribution in [0.15, 0.2) is 71.7 Å². The van der Waals surface area contributed by atoms with Crippen molar-refractivity contribution in [2.75, 3.05) is 13.7 Å². The minimum Gasteiger partial charge on any atom is -0.491 e. The number of hydrogen-bond donors (Lipinski definition) is 1. The Morgan fingerprint density at radius 3 is 2.59 bits per heavy atom. The van der Waals surface area contributed by atoms with E-state index in [1.807, 2.05) is 29.7 Å². The van der Waals surface area contributed by atoms with Gasteiger partial charge in [-0.2, -0.15) is 0 Å². The molecule has 0 bridgehead atoms. The van der Waals surface area contributed by atoms with Gasteiger partial charge in [-0.3, -0.25) is 14.5 Å². The normalized spacial score (nSPS) is 14.3. The Morgan fingerprint density at radius 2 is 1.82 bits per heavy atom. The Bertz CT molecular complexity index is 1170. The highest BCUT2D eigenvalue weighted by Gasteiger charge is 2.19. The number of hydrogen-bond acceptors (Lipinski definition) is 4. The monoisotopic (exact) mass is 459 g/mol. The van der Waals surface area contributed by atoms with Crippen molar-refractivity contribution in [3.8, 4) is 5.75 Å². The Morgan fingerprint density at radius 1 is 1.09 bits per heavy atom. The van der Waals surface area contributed by atoms with Gasteiger partial charge in [0.15, 0.2) is 5.75 Å². The van der Waals surface area contributed by atoms with Crippen molar-refractivity contribution in [1.29, 1.82) is 0 Å². The summed E-state index contributed by atoms with van der Waals surface area (Å²) in [5, 5.41) is 3.10. The molecular weight excluding hydrogens is 426 g/mol. The zero-order valence-corrected chi connectivity index (χ0v) is 20.0. The highest BCUT2D eigenvalue weighted by molar-refractivity contribution is 5.76. The molecule has 0 unspecified atom stereocenters. The lowest BCUT2D eigenvalue weighted by Crippen LogP contribution is -2.37. The fourth-order valence-corrected chi connectivity index (χ4v) is 4.52. The van der Waals surface area contributed by atoms with Crippen LogP contribution in [-0.2, 0) is 37.3 Å². The van der Waals surface area contributed by atoms with Gasteiger partial charge in [-0.15, -0.1) is 0 Å². The van der Waals surface area contributed by atoms with Gasteiger partial charge >= 0.3 is 0 Å². The van der Waals surface area contributed by atoms with Crippen molar-refractivity contribution in [1.82, 2.24) is 14.8 Å². The number of rotatable bonds is 9. The fourth-order valence-electron chi connectivity index (χ4n) is 4.52. The second kappa shape index (κ2) is 11.2. The number of nitrogens with zero attached hydrogens (tertiary/aromatic N) is 2. The number of carbonyl (C=O) groups excluding carboxylic acids is 1. The number of methoxy groups -OCH3 is 1. The van der Waals surface area contributed by atoms with Crippen molar-refractivity contribution < 1.29 is 9.53 Å². The zero-order chi connectivity index (χ0) is 23.9. The number of nitrogens with one attached hydrogen (secondary N) is 1. The van der Waals surface area contributed by atoms with Crippen LogP contribution in [0.2, 0.25) is 0 Å². The molecule has 1 amide bonds. The van der Waals surface area contributed by atoms with Gasteiger partial charge in [-0.25, -0.2) is 0 Å². The third-order valence-corrected chi connectivity index (χ3v) is 6.43. The van der Waals surface area contributed by atoms with Gasteiger partial charge in [0.25, 0.3) is 0 Å². The quantitative estimate of drug-likeness (QED) is 0.532. The van der Waals surface area contributed by atoms with E-state index in [1.54, 1.807) is 12.3 Å². The first-order valence-corrected chi connectivity index (χ1v) is 11.9. The molecule has 0 fully saturated rings. The SMILES string of the molecule is COc1cn(CC(=O)N[C@H](C)CCc2ccccc2)c(CN2CCc3ccccc3C2)cc1=O. The van der Waals surface area contributed by atoms with Gasteiger partial charge in [0.2, 0.25) is 11.3 Å². The van der Waals surface area contributed by atoms with Gasteiger partial charge in [-0.05, 0) is 42.9 Å². The molecule has 2 aromatic carbocycles. The molecule has 0 saturated heterocycles. The Hall–Kier alpha value is -3.38. The van der Waals surface area contributed by atoms with E-state index in [2.05, 4.69) is 46.6 Å². The number of amides is 1. The lowest BCUT2D eigenvalue weighted by atomic mass is 10.00. The fraction of sp³-hybridized carbons (Fsp3) is 0.357. The highest BCUT2D eigenvalue weighted by Crippen LogP contribution is 2.20. The first-order valence-electron chi connectivity index (χ1n) is 11.9. The predicted octanol–water partition coefficient (Wildman–Crippen LogP) is 3.55. The maximum Gasteiger partial charge on any atom is 0.240 e. The third-order valence-electron chi connectivity index (χ3n) is 6.43. The Kier molecular flexibility index (Phi) is 7.80. The average molecular weight is 460 g/mol. The number of benzene rings is 2. The topological polar surface area (TPSA) is 63.6 Å². The second-order valence-corrected chi connectivity index (χ2v) is 9.05. The molecule has 1 aromatic heterocycles. The Balaban J connectivity index is 1.42. The van der Waals surface area contributed by atoms with Crippen LogP contribution in [0.25, 0.3) is 0 Å². The maximum atomic E-state index is 12.9. The summed E-state index contributed by atoms with van der Waals surface area (Å²) in [5.74, 6) is 0.175. The van der Waals surface area contributed by atoms with E-state index in [0.29, 0.717) is 6.54 Å². The predicted molar refractivity (Wildman–Crippen MR) is 134 cm³/mol. The summed E-state index contributed by atoms with van der Waals surface area (Å²) >= 11 is 0. The summed E-state index contributed by atoms with van der Waals surface area (Å²) in [6.07, 6.45) is 4.42. The number of carbonyl (C=O) groups is 1.